The van der Waals surface area contributed by atoms with Gasteiger partial charge < -0.3 is 15.0 Å². The van der Waals surface area contributed by atoms with Gasteiger partial charge in [-0.1, -0.05) is 60.9 Å². The van der Waals surface area contributed by atoms with Crippen molar-refractivity contribution in [1.29, 1.82) is 0 Å². The molecule has 1 fully saturated rings. The molecule has 3 aromatic carbocycles. The van der Waals surface area contributed by atoms with Gasteiger partial charge in [-0.25, -0.2) is 8.42 Å². The Hall–Kier alpha value is -3.85. The minimum atomic E-state index is -3.82. The Bertz CT molecular complexity index is 1390. The zero-order chi connectivity index (χ0) is 28.7. The Morgan fingerprint density at radius 3 is 2.12 bits per heavy atom. The van der Waals surface area contributed by atoms with E-state index in [0.717, 1.165) is 47.4 Å². The zero-order valence-electron chi connectivity index (χ0n) is 23.2. The van der Waals surface area contributed by atoms with Crippen LogP contribution in [-0.4, -0.2) is 50.0 Å². The van der Waals surface area contributed by atoms with Crippen LogP contribution in [0.3, 0.4) is 0 Å². The predicted octanol–water partition coefficient (Wildman–Crippen LogP) is 5.03. The average molecular weight is 564 g/mol. The van der Waals surface area contributed by atoms with Crippen molar-refractivity contribution >= 4 is 27.5 Å². The molecule has 0 aromatic heterocycles. The summed E-state index contributed by atoms with van der Waals surface area (Å²) in [6, 6.07) is 22.8. The zero-order valence-corrected chi connectivity index (χ0v) is 24.1. The first-order chi connectivity index (χ1) is 19.1. The molecule has 1 saturated carbocycles. The number of carbonyl (C=O) groups is 2. The molecule has 0 saturated heterocycles. The Labute approximate surface area is 237 Å². The van der Waals surface area contributed by atoms with E-state index in [9.17, 15) is 18.0 Å². The second kappa shape index (κ2) is 13.0. The average Bonchev–Trinajstić information content (AvgIpc) is 3.44. The minimum Gasteiger partial charge on any atom is -0.457 e. The predicted molar refractivity (Wildman–Crippen MR) is 157 cm³/mol. The largest absolute Gasteiger partial charge is 0.457 e. The van der Waals surface area contributed by atoms with Gasteiger partial charge in [-0.05, 0) is 68.7 Å². The molecule has 3 aromatic rings. The Morgan fingerprint density at radius 2 is 1.52 bits per heavy atom. The number of aryl methyl sites for hydroxylation is 1. The summed E-state index contributed by atoms with van der Waals surface area (Å²) in [6.07, 6.45) is 5.06. The van der Waals surface area contributed by atoms with Crippen LogP contribution in [0.2, 0.25) is 0 Å². The van der Waals surface area contributed by atoms with Crippen LogP contribution in [0.1, 0.15) is 43.7 Å². The number of carbonyl (C=O) groups excluding carboxylic acids is 2. The summed E-state index contributed by atoms with van der Waals surface area (Å²) in [5.41, 5.74) is 2.26. The van der Waals surface area contributed by atoms with Crippen LogP contribution in [-0.2, 0) is 26.2 Å². The molecule has 1 aliphatic rings. The Kier molecular flexibility index (Phi) is 9.47. The van der Waals surface area contributed by atoms with Gasteiger partial charge >= 0.3 is 0 Å². The van der Waals surface area contributed by atoms with Gasteiger partial charge in [-0.3, -0.25) is 13.9 Å². The highest BCUT2D eigenvalue weighted by Crippen LogP contribution is 2.26. The first kappa shape index (κ1) is 29.1. The second-order valence-corrected chi connectivity index (χ2v) is 12.3. The first-order valence-corrected chi connectivity index (χ1v) is 15.4. The molecule has 1 aliphatic carbocycles. The van der Waals surface area contributed by atoms with Crippen molar-refractivity contribution in [1.82, 2.24) is 10.2 Å². The summed E-state index contributed by atoms with van der Waals surface area (Å²) in [6.45, 7) is 3.41. The third-order valence-electron chi connectivity index (χ3n) is 7.13. The van der Waals surface area contributed by atoms with Crippen molar-refractivity contribution in [3.63, 3.8) is 0 Å². The van der Waals surface area contributed by atoms with Gasteiger partial charge in [-0.2, -0.15) is 0 Å². The summed E-state index contributed by atoms with van der Waals surface area (Å²) < 4.78 is 32.6. The summed E-state index contributed by atoms with van der Waals surface area (Å²) in [5.74, 6) is 0.486. The van der Waals surface area contributed by atoms with Crippen LogP contribution in [0.4, 0.5) is 5.69 Å². The number of sulfonamides is 1. The van der Waals surface area contributed by atoms with Gasteiger partial charge in [0.1, 0.15) is 24.1 Å². The molecule has 0 spiro atoms. The molecule has 0 radical (unpaired) electrons. The van der Waals surface area contributed by atoms with E-state index in [2.05, 4.69) is 5.32 Å². The molecule has 9 heteroatoms. The van der Waals surface area contributed by atoms with Gasteiger partial charge in [-0.15, -0.1) is 0 Å². The lowest BCUT2D eigenvalue weighted by molar-refractivity contribution is -0.139. The van der Waals surface area contributed by atoms with Crippen LogP contribution in [0.25, 0.3) is 0 Å². The number of anilines is 1. The topological polar surface area (TPSA) is 96.0 Å². The third-order valence-corrected chi connectivity index (χ3v) is 8.27. The second-order valence-electron chi connectivity index (χ2n) is 10.4. The van der Waals surface area contributed by atoms with Gasteiger partial charge in [0.05, 0.1) is 11.9 Å². The highest BCUT2D eigenvalue weighted by molar-refractivity contribution is 7.92. The lowest BCUT2D eigenvalue weighted by Crippen LogP contribution is -2.52. The number of hydrogen-bond acceptors (Lipinski definition) is 5. The summed E-state index contributed by atoms with van der Waals surface area (Å²) in [7, 11) is -3.82. The molecule has 0 aliphatic heterocycles. The lowest BCUT2D eigenvalue weighted by Gasteiger charge is -2.32. The molecule has 4 rings (SSSR count). The van der Waals surface area contributed by atoms with Crippen molar-refractivity contribution in [2.75, 3.05) is 17.1 Å². The van der Waals surface area contributed by atoms with Crippen LogP contribution in [0.5, 0.6) is 11.5 Å². The fourth-order valence-electron chi connectivity index (χ4n) is 4.78. The van der Waals surface area contributed by atoms with Crippen molar-refractivity contribution in [3.05, 3.63) is 90.0 Å². The number of nitrogens with one attached hydrogen (secondary N) is 1. The van der Waals surface area contributed by atoms with E-state index in [4.69, 9.17) is 4.74 Å². The van der Waals surface area contributed by atoms with E-state index in [1.807, 2.05) is 61.5 Å². The van der Waals surface area contributed by atoms with E-state index in [1.165, 1.54) is 4.90 Å². The standard InChI is InChI=1S/C31H37N3O5S/c1-23-13-15-25(16-14-23)21-33(24(2)31(36)32-26-9-7-8-10-26)30(35)22-34(40(3,37)38)27-17-19-29(20-18-27)39-28-11-5-4-6-12-28/h4-6,11-20,24,26H,7-10,21-22H2,1-3H3,(H,32,36)/t24-/m0/s1. The van der Waals surface area contributed by atoms with Crippen LogP contribution in [0.15, 0.2) is 78.9 Å². The highest BCUT2D eigenvalue weighted by Gasteiger charge is 2.31. The fourth-order valence-corrected chi connectivity index (χ4v) is 5.63. The van der Waals surface area contributed by atoms with Gasteiger partial charge in [0, 0.05) is 12.6 Å². The maximum absolute atomic E-state index is 13.8. The lowest BCUT2D eigenvalue weighted by atomic mass is 10.1. The summed E-state index contributed by atoms with van der Waals surface area (Å²) in [5, 5.41) is 3.07. The first-order valence-electron chi connectivity index (χ1n) is 13.6. The number of hydrogen-bond donors (Lipinski definition) is 1. The van der Waals surface area contributed by atoms with Crippen LogP contribution < -0.4 is 14.4 Å². The van der Waals surface area contributed by atoms with Crippen molar-refractivity contribution in [2.24, 2.45) is 0 Å². The number of ether oxygens (including phenoxy) is 1. The molecule has 1 atom stereocenters. The molecular weight excluding hydrogens is 526 g/mol. The van der Waals surface area contributed by atoms with Crippen molar-refractivity contribution in [2.45, 2.75) is 58.2 Å². The highest BCUT2D eigenvalue weighted by atomic mass is 32.2. The molecular formula is C31H37N3O5S. The summed E-state index contributed by atoms with van der Waals surface area (Å²) >= 11 is 0. The maximum Gasteiger partial charge on any atom is 0.244 e. The quantitative estimate of drug-likeness (QED) is 0.353. The van der Waals surface area contributed by atoms with E-state index >= 15 is 0 Å². The van der Waals surface area contributed by atoms with Crippen molar-refractivity contribution in [3.8, 4) is 11.5 Å². The van der Waals surface area contributed by atoms with Crippen LogP contribution in [0, 0.1) is 6.92 Å². The molecule has 8 nitrogen and oxygen atoms in total. The molecule has 0 unspecified atom stereocenters. The third kappa shape index (κ3) is 7.85. The molecule has 1 N–H and O–H groups in total. The smallest absolute Gasteiger partial charge is 0.244 e. The van der Waals surface area contributed by atoms with E-state index in [-0.39, 0.29) is 18.5 Å². The molecule has 2 amide bonds. The number of nitrogens with zero attached hydrogens (tertiary/aromatic N) is 2. The molecule has 0 heterocycles. The number of para-hydroxylation sites is 1. The van der Waals surface area contributed by atoms with Gasteiger partial charge in [0.25, 0.3) is 0 Å². The maximum atomic E-state index is 13.8. The monoisotopic (exact) mass is 563 g/mol. The number of amides is 2. The SMILES string of the molecule is Cc1ccc(CN(C(=O)CN(c2ccc(Oc3ccccc3)cc2)S(C)(=O)=O)[C@@H](C)C(=O)NC2CCCC2)cc1. The Balaban J connectivity index is 1.55. The van der Waals surface area contributed by atoms with E-state index < -0.39 is 28.5 Å². The molecule has 0 bridgehead atoms. The molecule has 40 heavy (non-hydrogen) atoms. The molecule has 212 valence electrons. The van der Waals surface area contributed by atoms with Crippen LogP contribution >= 0.6 is 0 Å². The van der Waals surface area contributed by atoms with Crippen molar-refractivity contribution < 1.29 is 22.7 Å². The number of benzene rings is 3. The Morgan fingerprint density at radius 1 is 0.925 bits per heavy atom. The van der Waals surface area contributed by atoms with Gasteiger partial charge in [0.2, 0.25) is 21.8 Å². The number of rotatable bonds is 11. The van der Waals surface area contributed by atoms with E-state index in [1.54, 1.807) is 31.2 Å². The normalized spacial score (nSPS) is 14.4. The fraction of sp³-hybridized carbons (Fsp3) is 0.355. The van der Waals surface area contributed by atoms with Gasteiger partial charge in [0.15, 0.2) is 0 Å². The van der Waals surface area contributed by atoms with E-state index in [0.29, 0.717) is 17.2 Å². The minimum absolute atomic E-state index is 0.107. The summed E-state index contributed by atoms with van der Waals surface area (Å²) in [4.78, 5) is 28.4.